The van der Waals surface area contributed by atoms with E-state index in [0.29, 0.717) is 6.61 Å². The molecule has 27 heavy (non-hydrogen) atoms. The number of aryl methyl sites for hydroxylation is 1. The number of unbranched alkanes of at least 4 members (excludes halogenated alkanes) is 3. The minimum absolute atomic E-state index is 0.143. The van der Waals surface area contributed by atoms with Gasteiger partial charge in [0.1, 0.15) is 0 Å². The molecule has 0 saturated carbocycles. The zero-order valence-electron chi connectivity index (χ0n) is 18.3. The molecule has 0 aromatic heterocycles. The van der Waals surface area contributed by atoms with Gasteiger partial charge in [0.05, 0.1) is 0 Å². The molecule has 1 aliphatic heterocycles. The highest BCUT2D eigenvalue weighted by Crippen LogP contribution is 2.33. The lowest BCUT2D eigenvalue weighted by molar-refractivity contribution is 0.194. The second kappa shape index (κ2) is 12.4. The van der Waals surface area contributed by atoms with Crippen LogP contribution in [-0.2, 0) is 16.7 Å². The standard InChI is InChI=1S/C21H36N2O2.C2H6/c1-4-13-21(2,3)18-11-9-17(16-19(18)22)10-12-20-23(25-20)14-7-5-6-8-15-24;1-2/h9,11,16,20,24H,4-8,10,12-15,22H2,1-3H3;1-2H3. The molecule has 0 bridgehead atoms. The maximum Gasteiger partial charge on any atom is 0.154 e. The average Bonchev–Trinajstić information content (AvgIpc) is 3.39. The molecule has 2 atom stereocenters. The number of nitrogens with two attached hydrogens (primary N) is 1. The van der Waals surface area contributed by atoms with Gasteiger partial charge in [-0.2, -0.15) is 5.06 Å². The van der Waals surface area contributed by atoms with Crippen molar-refractivity contribution in [2.45, 2.75) is 97.6 Å². The predicted molar refractivity (Wildman–Crippen MR) is 116 cm³/mol. The van der Waals surface area contributed by atoms with Gasteiger partial charge in [-0.25, -0.2) is 0 Å². The Hall–Kier alpha value is -1.10. The van der Waals surface area contributed by atoms with Crippen LogP contribution in [0, 0.1) is 0 Å². The molecule has 0 radical (unpaired) electrons. The van der Waals surface area contributed by atoms with Crippen molar-refractivity contribution in [3.05, 3.63) is 29.3 Å². The number of nitrogen functional groups attached to an aromatic ring is 1. The molecule has 1 aliphatic rings. The van der Waals surface area contributed by atoms with Gasteiger partial charge in [-0.1, -0.05) is 66.0 Å². The van der Waals surface area contributed by atoms with Crippen molar-refractivity contribution in [3.8, 4) is 0 Å². The molecule has 3 N–H and O–H groups in total. The average molecular weight is 379 g/mol. The van der Waals surface area contributed by atoms with E-state index in [0.717, 1.165) is 50.8 Å². The van der Waals surface area contributed by atoms with Crippen molar-refractivity contribution < 1.29 is 9.94 Å². The van der Waals surface area contributed by atoms with Crippen LogP contribution in [0.1, 0.15) is 90.7 Å². The number of benzene rings is 1. The molecule has 156 valence electrons. The highest BCUT2D eigenvalue weighted by atomic mass is 16.8. The van der Waals surface area contributed by atoms with Crippen LogP contribution in [0.25, 0.3) is 0 Å². The first-order valence-electron chi connectivity index (χ1n) is 10.9. The Kier molecular flexibility index (Phi) is 11.0. The molecule has 0 aliphatic carbocycles. The summed E-state index contributed by atoms with van der Waals surface area (Å²) in [7, 11) is 0. The molecule has 0 spiro atoms. The molecule has 1 heterocycles. The lowest BCUT2D eigenvalue weighted by atomic mass is 9.79. The van der Waals surface area contributed by atoms with E-state index in [4.69, 9.17) is 15.7 Å². The SMILES string of the molecule is CC.CCCC(C)(C)c1ccc(CCC2ON2CCCCCCO)cc1N. The van der Waals surface area contributed by atoms with Gasteiger partial charge in [0.2, 0.25) is 0 Å². The minimum Gasteiger partial charge on any atom is -0.398 e. The number of nitrogens with zero attached hydrogens (tertiary/aromatic N) is 1. The maximum absolute atomic E-state index is 8.77. The summed E-state index contributed by atoms with van der Waals surface area (Å²) in [5.41, 5.74) is 9.97. The fourth-order valence-electron chi connectivity index (χ4n) is 3.69. The van der Waals surface area contributed by atoms with Crippen molar-refractivity contribution in [3.63, 3.8) is 0 Å². The molecule has 0 amide bonds. The number of hydroxylamine groups is 2. The molecule has 2 rings (SSSR count). The lowest BCUT2D eigenvalue weighted by Crippen LogP contribution is -2.18. The van der Waals surface area contributed by atoms with Crippen molar-refractivity contribution in [2.24, 2.45) is 0 Å². The highest BCUT2D eigenvalue weighted by molar-refractivity contribution is 5.52. The first-order chi connectivity index (χ1) is 13.0. The van der Waals surface area contributed by atoms with E-state index in [2.05, 4.69) is 44.0 Å². The molecule has 4 nitrogen and oxygen atoms in total. The number of anilines is 1. The van der Waals surface area contributed by atoms with Crippen LogP contribution in [0.4, 0.5) is 5.69 Å². The zero-order valence-corrected chi connectivity index (χ0v) is 18.3. The molecule has 2 unspecified atom stereocenters. The quantitative estimate of drug-likeness (QED) is 0.289. The van der Waals surface area contributed by atoms with Crippen molar-refractivity contribution >= 4 is 5.69 Å². The Labute approximate surface area is 167 Å². The molecule has 1 aromatic carbocycles. The van der Waals surface area contributed by atoms with E-state index in [9.17, 15) is 0 Å². The van der Waals surface area contributed by atoms with Gasteiger partial charge in [0.15, 0.2) is 6.23 Å². The van der Waals surface area contributed by atoms with Crippen LogP contribution in [0.5, 0.6) is 0 Å². The lowest BCUT2D eigenvalue weighted by Gasteiger charge is -2.26. The fraction of sp³-hybridized carbons (Fsp3) is 0.739. The van der Waals surface area contributed by atoms with Gasteiger partial charge in [-0.15, -0.1) is 0 Å². The molecule has 4 heteroatoms. The van der Waals surface area contributed by atoms with E-state index in [1.807, 2.05) is 13.8 Å². The van der Waals surface area contributed by atoms with Gasteiger partial charge in [-0.3, -0.25) is 4.84 Å². The zero-order chi connectivity index (χ0) is 20.3. The van der Waals surface area contributed by atoms with Gasteiger partial charge in [-0.05, 0) is 54.7 Å². The monoisotopic (exact) mass is 378 g/mol. The Bertz CT molecular complexity index is 531. The Morgan fingerprint density at radius 1 is 1.15 bits per heavy atom. The summed E-state index contributed by atoms with van der Waals surface area (Å²) in [4.78, 5) is 5.64. The summed E-state index contributed by atoms with van der Waals surface area (Å²) in [5, 5.41) is 10.9. The summed E-state index contributed by atoms with van der Waals surface area (Å²) in [6, 6.07) is 6.59. The number of aliphatic hydroxyl groups is 1. The summed E-state index contributed by atoms with van der Waals surface area (Å²) in [6.07, 6.45) is 8.95. The third-order valence-corrected chi connectivity index (χ3v) is 5.22. The number of hydrogen-bond acceptors (Lipinski definition) is 4. The second-order valence-corrected chi connectivity index (χ2v) is 7.93. The van der Waals surface area contributed by atoms with Crippen LogP contribution < -0.4 is 5.73 Å². The molecule has 1 saturated heterocycles. The normalized spacial score (nSPS) is 18.7. The Morgan fingerprint density at radius 3 is 2.48 bits per heavy atom. The molecular weight excluding hydrogens is 336 g/mol. The first kappa shape index (κ1) is 23.9. The summed E-state index contributed by atoms with van der Waals surface area (Å²) in [5.74, 6) is 0. The summed E-state index contributed by atoms with van der Waals surface area (Å²) in [6.45, 7) is 12.1. The van der Waals surface area contributed by atoms with Gasteiger partial charge >= 0.3 is 0 Å². The van der Waals surface area contributed by atoms with Crippen LogP contribution in [-0.4, -0.2) is 29.5 Å². The predicted octanol–water partition coefficient (Wildman–Crippen LogP) is 5.43. The van der Waals surface area contributed by atoms with Crippen molar-refractivity contribution in [1.29, 1.82) is 0 Å². The second-order valence-electron chi connectivity index (χ2n) is 7.93. The van der Waals surface area contributed by atoms with E-state index >= 15 is 0 Å². The molecule has 1 aromatic rings. The summed E-state index contributed by atoms with van der Waals surface area (Å²) >= 11 is 0. The largest absolute Gasteiger partial charge is 0.398 e. The van der Waals surface area contributed by atoms with Crippen LogP contribution in [0.3, 0.4) is 0 Å². The minimum atomic E-state index is 0.143. The van der Waals surface area contributed by atoms with Crippen LogP contribution in [0.2, 0.25) is 0 Å². The number of aliphatic hydroxyl groups excluding tert-OH is 1. The van der Waals surface area contributed by atoms with Gasteiger partial charge in [0, 0.05) is 18.8 Å². The van der Waals surface area contributed by atoms with E-state index in [1.165, 1.54) is 24.0 Å². The van der Waals surface area contributed by atoms with Crippen molar-refractivity contribution in [2.75, 3.05) is 18.9 Å². The highest BCUT2D eigenvalue weighted by Gasteiger charge is 2.34. The summed E-state index contributed by atoms with van der Waals surface area (Å²) < 4.78 is 0. The van der Waals surface area contributed by atoms with E-state index < -0.39 is 0 Å². The van der Waals surface area contributed by atoms with Crippen LogP contribution in [0.15, 0.2) is 18.2 Å². The van der Waals surface area contributed by atoms with Crippen molar-refractivity contribution in [1.82, 2.24) is 5.06 Å². The number of rotatable bonds is 12. The first-order valence-corrected chi connectivity index (χ1v) is 10.9. The molecular formula is C23H42N2O2. The van der Waals surface area contributed by atoms with Gasteiger partial charge < -0.3 is 10.8 Å². The van der Waals surface area contributed by atoms with E-state index in [1.54, 1.807) is 0 Å². The molecule has 1 fully saturated rings. The smallest absolute Gasteiger partial charge is 0.154 e. The third kappa shape index (κ3) is 8.20. The van der Waals surface area contributed by atoms with Gasteiger partial charge in [0.25, 0.3) is 0 Å². The maximum atomic E-state index is 8.77. The Balaban J connectivity index is 0.00000176. The van der Waals surface area contributed by atoms with Crippen LogP contribution >= 0.6 is 0 Å². The Morgan fingerprint density at radius 2 is 1.85 bits per heavy atom. The number of hydrogen-bond donors (Lipinski definition) is 2. The third-order valence-electron chi connectivity index (χ3n) is 5.22. The van der Waals surface area contributed by atoms with E-state index in [-0.39, 0.29) is 11.6 Å². The fourth-order valence-corrected chi connectivity index (χ4v) is 3.69. The topological polar surface area (TPSA) is 61.8 Å².